The summed E-state index contributed by atoms with van der Waals surface area (Å²) in [5.74, 6) is 0.351. The summed E-state index contributed by atoms with van der Waals surface area (Å²) in [6, 6.07) is 114. The van der Waals surface area contributed by atoms with E-state index in [4.69, 9.17) is 52.2 Å². The van der Waals surface area contributed by atoms with E-state index in [1.807, 2.05) is 202 Å². The Hall–Kier alpha value is -17.3. The Balaban J connectivity index is 0.000000127. The fourth-order valence-electron chi connectivity index (χ4n) is 20.4. The van der Waals surface area contributed by atoms with Crippen molar-refractivity contribution in [3.8, 4) is 39.9 Å². The number of esters is 5. The van der Waals surface area contributed by atoms with Crippen LogP contribution in [0.5, 0.6) is 28.7 Å². The van der Waals surface area contributed by atoms with Gasteiger partial charge in [-0.1, -0.05) is 387 Å². The Kier molecular flexibility index (Phi) is 29.2. The Morgan fingerprint density at radius 2 is 0.619 bits per heavy atom. The predicted octanol–water partition coefficient (Wildman–Crippen LogP) is 29.4. The summed E-state index contributed by atoms with van der Waals surface area (Å²) in [5, 5.41) is 7.14. The van der Waals surface area contributed by atoms with Gasteiger partial charge in [-0.3, -0.25) is 4.79 Å². The number of benzene rings is 17. The molecule has 0 aromatic heterocycles. The summed E-state index contributed by atoms with van der Waals surface area (Å²) in [6.45, 7) is 17.9. The lowest BCUT2D eigenvalue weighted by Crippen LogP contribution is -2.35. The first kappa shape index (κ1) is 99.8. The van der Waals surface area contributed by atoms with Gasteiger partial charge in [-0.05, 0) is 156 Å². The summed E-state index contributed by atoms with van der Waals surface area (Å²) in [5.41, 5.74) is 18.9. The van der Waals surface area contributed by atoms with Crippen LogP contribution in [0.3, 0.4) is 0 Å². The normalized spacial score (nSPS) is 16.2. The van der Waals surface area contributed by atoms with Crippen molar-refractivity contribution in [2.45, 2.75) is 123 Å². The van der Waals surface area contributed by atoms with E-state index in [-0.39, 0.29) is 41.4 Å². The molecule has 1 aliphatic carbocycles. The summed E-state index contributed by atoms with van der Waals surface area (Å²) < 4.78 is 55.5. The number of carbonyl (C=O) groups is 5. The number of carbonyl (C=O) groups excluding carboxylic acids is 7. The number of hydrogen-bond acceptors (Lipinski definition) is 16. The standard InChI is InChI=1S/C34H26O3.C34H32O3.C32H28O5.C30H26O3.CO2/c1-23-17-19-26(20-18-23)34(25-13-7-4-8-14-25)22-21-29-31(33(35)36-2)30(24-11-5-3-6-12-24)27-15-9-10-16-28(27)32(29)37-34;1-23-13-16-27(17-14-23)34(26-9-5-3-6-10-26)20-19-30-31(33(35)36-28-11-7-4-8-12-28)22-25-21-24(2)15-18-29(25)32(30)37-34;1-20(2)30(33)36-29-25-13-9-8-12-24(25)28-26(27(29)31(34)35-4)18-19-32(37-28,22-10-6-5-7-11-22)23-16-14-21(3)15-17-23;1-19-9-13-22(14-10-19)30(23-15-11-20(2)12-16-23)18-17-26-27(29(31)32-4)21(3)24-7-5-6-8-25(24)28(26)33-30;2-1-3/h3-22H,1-2H3;3,5-6,9-10,13-22,28H,4,7-8,11-12H2,1-2H3;5-20H,1-4H3;5-18H,1-4H3;. The molecule has 0 spiro atoms. The van der Waals surface area contributed by atoms with Crippen LogP contribution in [0, 0.1) is 54.4 Å². The van der Waals surface area contributed by atoms with Crippen LogP contribution in [0.1, 0.15) is 193 Å². The molecule has 0 bridgehead atoms. The highest BCUT2D eigenvalue weighted by molar-refractivity contribution is 6.15. The Bertz CT molecular complexity index is 7970. The van der Waals surface area contributed by atoms with Gasteiger partial charge in [-0.25, -0.2) is 19.2 Å². The molecule has 5 aliphatic rings. The molecule has 1 saturated carbocycles. The van der Waals surface area contributed by atoms with Crippen molar-refractivity contribution in [2.75, 3.05) is 21.3 Å². The van der Waals surface area contributed by atoms with E-state index in [1.165, 1.54) is 50.0 Å². The number of methoxy groups -OCH3 is 3. The van der Waals surface area contributed by atoms with Gasteiger partial charge in [-0.2, -0.15) is 9.59 Å². The molecule has 3 unspecified atom stereocenters. The third-order valence-corrected chi connectivity index (χ3v) is 28.1. The molecule has 17 aromatic rings. The molecular weight excluding hydrogens is 1830 g/mol. The van der Waals surface area contributed by atoms with E-state index >= 15 is 0 Å². The van der Waals surface area contributed by atoms with Crippen LogP contribution >= 0.6 is 0 Å². The maximum absolute atomic E-state index is 13.5. The number of hydrogen-bond donors (Lipinski definition) is 0. The molecule has 0 saturated heterocycles. The minimum Gasteiger partial charge on any atom is -0.472 e. The zero-order valence-electron chi connectivity index (χ0n) is 84.2. The molecule has 3 atom stereocenters. The molecule has 16 heteroatoms. The molecule has 732 valence electrons. The minimum absolute atomic E-state index is 0.00503. The third-order valence-electron chi connectivity index (χ3n) is 28.1. The van der Waals surface area contributed by atoms with Gasteiger partial charge in [0, 0.05) is 99.3 Å². The fraction of sp³-hybridized carbons (Fsp3) is 0.176. The molecule has 22 rings (SSSR count). The van der Waals surface area contributed by atoms with E-state index in [0.717, 1.165) is 158 Å². The van der Waals surface area contributed by atoms with Gasteiger partial charge in [0.1, 0.15) is 34.7 Å². The van der Waals surface area contributed by atoms with E-state index in [1.54, 1.807) is 13.8 Å². The molecule has 1 fully saturated rings. The molecule has 4 aliphatic heterocycles. The second kappa shape index (κ2) is 43.1. The van der Waals surface area contributed by atoms with Gasteiger partial charge in [-0.15, -0.1) is 0 Å². The van der Waals surface area contributed by atoms with Crippen molar-refractivity contribution in [3.05, 3.63) is 492 Å². The Morgan fingerprint density at radius 1 is 0.313 bits per heavy atom. The third kappa shape index (κ3) is 19.6. The lowest BCUT2D eigenvalue weighted by molar-refractivity contribution is -0.191. The van der Waals surface area contributed by atoms with E-state index in [0.29, 0.717) is 44.9 Å². The monoisotopic (exact) mass is 1940 g/mol. The average molecular weight is 1940 g/mol. The number of fused-ring (bicyclic) bond motifs is 12. The van der Waals surface area contributed by atoms with Crippen molar-refractivity contribution in [1.82, 2.24) is 0 Å². The zero-order chi connectivity index (χ0) is 103. The summed E-state index contributed by atoms with van der Waals surface area (Å²) in [6.07, 6.45) is 21.7. The van der Waals surface area contributed by atoms with Crippen molar-refractivity contribution in [3.63, 3.8) is 0 Å². The van der Waals surface area contributed by atoms with Gasteiger partial charge in [0.25, 0.3) is 0 Å². The first-order valence-electron chi connectivity index (χ1n) is 49.4. The quantitative estimate of drug-likeness (QED) is 0.0501. The van der Waals surface area contributed by atoms with Crippen LogP contribution < -0.4 is 23.7 Å². The maximum Gasteiger partial charge on any atom is 0.373 e. The smallest absolute Gasteiger partial charge is 0.373 e. The van der Waals surface area contributed by atoms with Crippen LogP contribution in [-0.2, 0) is 55.7 Å². The van der Waals surface area contributed by atoms with E-state index in [9.17, 15) is 24.0 Å². The second-order valence-electron chi connectivity index (χ2n) is 38.0. The number of ether oxygens (including phenoxy) is 9. The number of rotatable bonds is 16. The summed E-state index contributed by atoms with van der Waals surface area (Å²) >= 11 is 0. The van der Waals surface area contributed by atoms with E-state index in [2.05, 4.69) is 235 Å². The van der Waals surface area contributed by atoms with Crippen LogP contribution in [0.25, 0.3) is 78.5 Å². The van der Waals surface area contributed by atoms with Gasteiger partial charge < -0.3 is 42.6 Å². The second-order valence-corrected chi connectivity index (χ2v) is 38.0. The van der Waals surface area contributed by atoms with Crippen molar-refractivity contribution < 1.29 is 76.2 Å². The van der Waals surface area contributed by atoms with Gasteiger partial charge in [0.2, 0.25) is 0 Å². The van der Waals surface area contributed by atoms with Crippen LogP contribution in [0.4, 0.5) is 0 Å². The first-order chi connectivity index (χ1) is 71.4. The maximum atomic E-state index is 13.5. The molecule has 0 amide bonds. The van der Waals surface area contributed by atoms with Crippen molar-refractivity contribution in [1.29, 1.82) is 0 Å². The topological polar surface area (TPSA) is 203 Å². The highest BCUT2D eigenvalue weighted by atomic mass is 16.6. The minimum atomic E-state index is -0.936. The zero-order valence-corrected chi connectivity index (χ0v) is 84.2. The predicted molar refractivity (Wildman–Crippen MR) is 579 cm³/mol. The molecule has 16 nitrogen and oxygen atoms in total. The van der Waals surface area contributed by atoms with Crippen molar-refractivity contribution in [2.24, 2.45) is 5.92 Å². The van der Waals surface area contributed by atoms with E-state index < -0.39 is 40.3 Å². The largest absolute Gasteiger partial charge is 0.472 e. The fourth-order valence-corrected chi connectivity index (χ4v) is 20.4. The SMILES string of the molecule is COC(=O)c1c2c(c3ccccc3c1-c1ccccc1)OC(c1ccccc1)(c1ccc(C)cc1)C=C2.COC(=O)c1c2c(c3ccccc3c1C)OC(c1ccc(C)cc1)(c1ccc(C)cc1)C=C2.COC(=O)c1c2c(c3ccccc3c1OC(=O)C(C)C)OC(c1ccccc1)(c1ccc(C)cc1)C=C2.Cc1ccc(C2(c3ccccc3)C=Cc3c(C(=O)OC4CCCCC4)cc4cc(C)ccc4c3O2)cc1.O=C=O. The van der Waals surface area contributed by atoms with Gasteiger partial charge >= 0.3 is 36.0 Å². The molecule has 0 N–H and O–H groups in total. The first-order valence-corrected chi connectivity index (χ1v) is 49.4. The highest BCUT2D eigenvalue weighted by Crippen LogP contribution is 2.55. The molecule has 0 radical (unpaired) electrons. The van der Waals surface area contributed by atoms with Crippen molar-refractivity contribution >= 4 is 103 Å². The molecular formula is C131H112O16. The summed E-state index contributed by atoms with van der Waals surface area (Å²) in [4.78, 5) is 81.8. The molecule has 17 aromatic carbocycles. The average Bonchev–Trinajstić information content (AvgIpc) is 0.732. The summed E-state index contributed by atoms with van der Waals surface area (Å²) in [7, 11) is 4.15. The highest BCUT2D eigenvalue weighted by Gasteiger charge is 2.46. The van der Waals surface area contributed by atoms with Crippen LogP contribution in [0.2, 0.25) is 0 Å². The number of aryl methyl sites for hydroxylation is 7. The molecule has 4 heterocycles. The van der Waals surface area contributed by atoms with Crippen LogP contribution in [0.15, 0.2) is 364 Å². The van der Waals surface area contributed by atoms with Gasteiger partial charge in [0.05, 0.1) is 43.9 Å². The Labute approximate surface area is 856 Å². The van der Waals surface area contributed by atoms with Gasteiger partial charge in [0.15, 0.2) is 28.2 Å². The lowest BCUT2D eigenvalue weighted by atomic mass is 9.81. The lowest BCUT2D eigenvalue weighted by Gasteiger charge is -2.37. The van der Waals surface area contributed by atoms with Crippen LogP contribution in [-0.4, -0.2) is 63.4 Å². The Morgan fingerprint density at radius 3 is 1.01 bits per heavy atom. The molecule has 147 heavy (non-hydrogen) atoms.